The van der Waals surface area contributed by atoms with E-state index < -0.39 is 0 Å². The second-order valence-electron chi connectivity index (χ2n) is 5.78. The maximum atomic E-state index is 11.8. The molecule has 0 aromatic heterocycles. The van der Waals surface area contributed by atoms with E-state index in [1.54, 1.807) is 7.11 Å². The number of Topliss-reactive ketones (excluding diaryl/α,β-unsaturated/α-hetero) is 1. The van der Waals surface area contributed by atoms with Gasteiger partial charge < -0.3 is 4.74 Å². The number of benzene rings is 3. The molecule has 2 heteroatoms. The van der Waals surface area contributed by atoms with Gasteiger partial charge in [-0.15, -0.1) is 0 Å². The van der Waals surface area contributed by atoms with Gasteiger partial charge in [-0.3, -0.25) is 4.79 Å². The molecule has 0 atom stereocenters. The number of carbonyl (C=O) groups is 1. The van der Waals surface area contributed by atoms with E-state index in [1.807, 2.05) is 133 Å². The van der Waals surface area contributed by atoms with Crippen molar-refractivity contribution >= 4 is 5.78 Å². The zero-order valence-electron chi connectivity index (χ0n) is 20.6. The highest BCUT2D eigenvalue weighted by molar-refractivity contribution is 5.83. The van der Waals surface area contributed by atoms with Crippen molar-refractivity contribution in [2.24, 2.45) is 0 Å². The second kappa shape index (κ2) is 23.6. The van der Waals surface area contributed by atoms with Crippen LogP contribution in [0.4, 0.5) is 0 Å². The minimum absolute atomic E-state index is 0.261. The molecule has 0 unspecified atom stereocenters. The quantitative estimate of drug-likeness (QED) is 0.403. The zero-order valence-corrected chi connectivity index (χ0v) is 20.6. The fourth-order valence-corrected chi connectivity index (χ4v) is 2.45. The molecule has 170 valence electrons. The predicted molar refractivity (Wildman–Crippen MR) is 136 cm³/mol. The molecule has 3 aromatic carbocycles. The van der Waals surface area contributed by atoms with E-state index in [1.165, 1.54) is 5.56 Å². The van der Waals surface area contributed by atoms with Gasteiger partial charge in [-0.1, -0.05) is 133 Å². The molecule has 0 amide bonds. The average Bonchev–Trinajstić information content (AvgIpc) is 2.85. The summed E-state index contributed by atoms with van der Waals surface area (Å²) in [6.07, 6.45) is 1.05. The largest absolute Gasteiger partial charge is 0.380 e. The molecule has 0 aliphatic heterocycles. The van der Waals surface area contributed by atoms with E-state index in [9.17, 15) is 4.79 Å². The average molecular weight is 423 g/mol. The molecule has 31 heavy (non-hydrogen) atoms. The van der Waals surface area contributed by atoms with Crippen LogP contribution < -0.4 is 0 Å². The van der Waals surface area contributed by atoms with Crippen molar-refractivity contribution in [1.82, 2.24) is 0 Å². The fraction of sp³-hybridized carbons (Fsp3) is 0.345. The molecule has 0 spiro atoms. The molecular weight excluding hydrogens is 380 g/mol. The van der Waals surface area contributed by atoms with Crippen molar-refractivity contribution in [3.8, 4) is 0 Å². The minimum Gasteiger partial charge on any atom is -0.380 e. The number of carbonyl (C=O) groups excluding carboxylic acids is 1. The van der Waals surface area contributed by atoms with Crippen LogP contribution in [0.25, 0.3) is 0 Å². The third kappa shape index (κ3) is 16.7. The summed E-state index contributed by atoms with van der Waals surface area (Å²) in [5.41, 5.74) is 3.40. The number of hydrogen-bond donors (Lipinski definition) is 0. The van der Waals surface area contributed by atoms with Gasteiger partial charge in [0.15, 0.2) is 0 Å². The van der Waals surface area contributed by atoms with Crippen molar-refractivity contribution in [1.29, 1.82) is 0 Å². The number of rotatable bonds is 6. The highest BCUT2D eigenvalue weighted by Crippen LogP contribution is 2.05. The lowest BCUT2D eigenvalue weighted by atomic mass is 10.0. The molecule has 0 radical (unpaired) electrons. The van der Waals surface area contributed by atoms with E-state index in [0.717, 1.165) is 11.1 Å². The minimum atomic E-state index is 0.261. The van der Waals surface area contributed by atoms with Crippen molar-refractivity contribution in [3.63, 3.8) is 0 Å². The molecule has 2 nitrogen and oxygen atoms in total. The Morgan fingerprint density at radius 3 is 1.13 bits per heavy atom. The maximum absolute atomic E-state index is 11.8. The highest BCUT2D eigenvalue weighted by Gasteiger charge is 2.04. The Hall–Kier alpha value is -2.71. The molecule has 0 fully saturated rings. The van der Waals surface area contributed by atoms with Crippen LogP contribution in [0.1, 0.15) is 58.2 Å². The van der Waals surface area contributed by atoms with Gasteiger partial charge in [0.1, 0.15) is 5.78 Å². The van der Waals surface area contributed by atoms with Gasteiger partial charge in [0.05, 0.1) is 6.61 Å². The van der Waals surface area contributed by atoms with Crippen molar-refractivity contribution in [2.75, 3.05) is 7.11 Å². The lowest BCUT2D eigenvalue weighted by molar-refractivity contribution is -0.117. The smallest absolute Gasteiger partial charge is 0.141 e. The number of ether oxygens (including phenoxy) is 1. The van der Waals surface area contributed by atoms with Gasteiger partial charge in [0.25, 0.3) is 0 Å². The van der Waals surface area contributed by atoms with Gasteiger partial charge in [0, 0.05) is 20.0 Å². The molecular formula is C29H42O2. The molecule has 0 aliphatic rings. The topological polar surface area (TPSA) is 26.3 Å². The Balaban J connectivity index is 0. The molecule has 0 N–H and O–H groups in total. The van der Waals surface area contributed by atoms with Crippen LogP contribution in [0.2, 0.25) is 0 Å². The van der Waals surface area contributed by atoms with Crippen LogP contribution >= 0.6 is 0 Å². The van der Waals surface area contributed by atoms with E-state index in [2.05, 4.69) is 0 Å². The van der Waals surface area contributed by atoms with Crippen LogP contribution in [0.3, 0.4) is 0 Å². The zero-order chi connectivity index (χ0) is 23.7. The predicted octanol–water partition coefficient (Wildman–Crippen LogP) is 7.95. The summed E-state index contributed by atoms with van der Waals surface area (Å²) in [4.78, 5) is 11.8. The lowest BCUT2D eigenvalue weighted by Crippen LogP contribution is -2.06. The summed E-state index contributed by atoms with van der Waals surface area (Å²) in [7, 11) is 1.70. The summed E-state index contributed by atoms with van der Waals surface area (Å²) in [6.45, 7) is 12.7. The first-order chi connectivity index (χ1) is 15.3. The molecule has 3 rings (SSSR count). The second-order valence-corrected chi connectivity index (χ2v) is 5.78. The SMILES string of the molecule is CC.CC.CC.COCc1ccccc1.O=C(Cc1ccccc1)Cc1ccccc1. The number of hydrogen-bond acceptors (Lipinski definition) is 2. The standard InChI is InChI=1S/C15H14O.C8H10O.3C2H6/c16-15(11-13-7-3-1-4-8-13)12-14-9-5-2-6-10-14;1-9-7-8-5-3-2-4-6-8;3*1-2/h1-10H,11-12H2;2-6H,7H2,1H3;3*1-2H3. The number of methoxy groups -OCH3 is 1. The molecule has 0 bridgehead atoms. The van der Waals surface area contributed by atoms with Crippen molar-refractivity contribution < 1.29 is 9.53 Å². The van der Waals surface area contributed by atoms with Crippen molar-refractivity contribution in [3.05, 3.63) is 108 Å². The van der Waals surface area contributed by atoms with Gasteiger partial charge in [-0.2, -0.15) is 0 Å². The van der Waals surface area contributed by atoms with E-state index in [0.29, 0.717) is 19.4 Å². The number of ketones is 1. The summed E-state index contributed by atoms with van der Waals surface area (Å²) in [5.74, 6) is 0.261. The van der Waals surface area contributed by atoms with Crippen LogP contribution in [0.15, 0.2) is 91.0 Å². The van der Waals surface area contributed by atoms with Gasteiger partial charge in [0.2, 0.25) is 0 Å². The summed E-state index contributed by atoms with van der Waals surface area (Å²) >= 11 is 0. The van der Waals surface area contributed by atoms with Gasteiger partial charge in [-0.05, 0) is 16.7 Å². The van der Waals surface area contributed by atoms with Gasteiger partial charge >= 0.3 is 0 Å². The third-order valence-electron chi connectivity index (χ3n) is 3.64. The van der Waals surface area contributed by atoms with Crippen LogP contribution in [-0.2, 0) is 29.0 Å². The van der Waals surface area contributed by atoms with Crippen molar-refractivity contribution in [2.45, 2.75) is 61.0 Å². The van der Waals surface area contributed by atoms with E-state index in [4.69, 9.17) is 4.74 Å². The van der Waals surface area contributed by atoms with E-state index in [-0.39, 0.29) is 5.78 Å². The maximum Gasteiger partial charge on any atom is 0.141 e. The third-order valence-corrected chi connectivity index (χ3v) is 3.64. The van der Waals surface area contributed by atoms with Gasteiger partial charge in [-0.25, -0.2) is 0 Å². The first-order valence-electron chi connectivity index (χ1n) is 11.4. The Labute approximate surface area is 191 Å². The molecule has 0 saturated heterocycles. The van der Waals surface area contributed by atoms with E-state index >= 15 is 0 Å². The summed E-state index contributed by atoms with van der Waals surface area (Å²) in [5, 5.41) is 0. The Kier molecular flexibility index (Phi) is 23.2. The first-order valence-corrected chi connectivity index (χ1v) is 11.4. The fourth-order valence-electron chi connectivity index (χ4n) is 2.45. The Morgan fingerprint density at radius 2 is 0.839 bits per heavy atom. The van der Waals surface area contributed by atoms with Crippen LogP contribution in [0, 0.1) is 0 Å². The lowest BCUT2D eigenvalue weighted by Gasteiger charge is -2.01. The van der Waals surface area contributed by atoms with Crippen LogP contribution in [0.5, 0.6) is 0 Å². The van der Waals surface area contributed by atoms with Crippen LogP contribution in [-0.4, -0.2) is 12.9 Å². The molecule has 0 saturated carbocycles. The highest BCUT2D eigenvalue weighted by atomic mass is 16.5. The summed E-state index contributed by atoms with van der Waals surface area (Å²) < 4.78 is 4.93. The monoisotopic (exact) mass is 422 g/mol. The first kappa shape index (κ1) is 30.5. The Bertz CT molecular complexity index is 679. The molecule has 0 heterocycles. The molecule has 3 aromatic rings. The normalized spacial score (nSPS) is 8.48. The Morgan fingerprint density at radius 1 is 0.548 bits per heavy atom. The molecule has 0 aliphatic carbocycles. The summed E-state index contributed by atoms with van der Waals surface area (Å²) in [6, 6.07) is 29.8.